The Kier molecular flexibility index (Phi) is 4.04. The molecule has 1 aromatic heterocycles. The summed E-state index contributed by atoms with van der Waals surface area (Å²) in [5.41, 5.74) is 6.94. The summed E-state index contributed by atoms with van der Waals surface area (Å²) in [6, 6.07) is 3.30. The van der Waals surface area contributed by atoms with Crippen LogP contribution >= 0.6 is 11.3 Å². The second-order valence-electron chi connectivity index (χ2n) is 4.14. The van der Waals surface area contributed by atoms with Crippen LogP contribution in [0.15, 0.2) is 18.2 Å². The van der Waals surface area contributed by atoms with Gasteiger partial charge in [-0.2, -0.15) is 0 Å². The predicted octanol–water partition coefficient (Wildman–Crippen LogP) is 3.76. The molecule has 106 valence electrons. The van der Waals surface area contributed by atoms with Crippen molar-refractivity contribution in [3.8, 4) is 10.4 Å². The zero-order valence-electron chi connectivity index (χ0n) is 11.0. The summed E-state index contributed by atoms with van der Waals surface area (Å²) in [6.45, 7) is 3.61. The lowest BCUT2D eigenvalue weighted by Gasteiger charge is -2.02. The average molecular weight is 297 g/mol. The summed E-state index contributed by atoms with van der Waals surface area (Å²) in [5.74, 6) is -1.88. The molecule has 1 heterocycles. The molecule has 0 amide bonds. The molecule has 2 aromatic rings. The molecule has 2 N–H and O–H groups in total. The third kappa shape index (κ3) is 2.51. The van der Waals surface area contributed by atoms with E-state index in [1.165, 1.54) is 6.07 Å². The molecule has 0 saturated carbocycles. The molecular formula is C14H13F2NO2S. The normalized spacial score (nSPS) is 10.6. The van der Waals surface area contributed by atoms with Crippen molar-refractivity contribution in [3.63, 3.8) is 0 Å². The van der Waals surface area contributed by atoms with E-state index >= 15 is 0 Å². The largest absolute Gasteiger partial charge is 0.462 e. The van der Waals surface area contributed by atoms with Gasteiger partial charge in [0.05, 0.1) is 12.3 Å². The molecule has 0 bridgehead atoms. The van der Waals surface area contributed by atoms with E-state index in [0.29, 0.717) is 10.4 Å². The van der Waals surface area contributed by atoms with Gasteiger partial charge in [0.25, 0.3) is 0 Å². The first-order valence-corrected chi connectivity index (χ1v) is 6.78. The van der Waals surface area contributed by atoms with Crippen LogP contribution in [-0.2, 0) is 4.74 Å². The Bertz CT molecular complexity index is 667. The number of nitrogen functional groups attached to an aromatic ring is 1. The molecular weight excluding hydrogens is 284 g/mol. The van der Waals surface area contributed by atoms with Gasteiger partial charge >= 0.3 is 5.97 Å². The Labute approximate surface area is 119 Å². The number of benzene rings is 1. The minimum absolute atomic E-state index is 0.219. The number of nitrogens with two attached hydrogens (primary N) is 1. The van der Waals surface area contributed by atoms with Gasteiger partial charge in [-0.1, -0.05) is 0 Å². The quantitative estimate of drug-likeness (QED) is 0.878. The summed E-state index contributed by atoms with van der Waals surface area (Å²) in [7, 11) is 0. The third-order valence-electron chi connectivity index (χ3n) is 2.83. The van der Waals surface area contributed by atoms with Crippen LogP contribution in [0.4, 0.5) is 14.5 Å². The third-order valence-corrected chi connectivity index (χ3v) is 4.15. The highest BCUT2D eigenvalue weighted by Crippen LogP contribution is 2.39. The van der Waals surface area contributed by atoms with Crippen molar-refractivity contribution >= 4 is 23.0 Å². The summed E-state index contributed by atoms with van der Waals surface area (Å²) in [4.78, 5) is 12.5. The minimum Gasteiger partial charge on any atom is -0.462 e. The number of anilines is 1. The maximum atomic E-state index is 13.8. The Morgan fingerprint density at radius 3 is 2.70 bits per heavy atom. The minimum atomic E-state index is -0.690. The van der Waals surface area contributed by atoms with Gasteiger partial charge in [0.1, 0.15) is 16.5 Å². The highest BCUT2D eigenvalue weighted by Gasteiger charge is 2.22. The Morgan fingerprint density at radius 2 is 2.10 bits per heavy atom. The lowest BCUT2D eigenvalue weighted by molar-refractivity contribution is 0.0533. The van der Waals surface area contributed by atoms with Crippen LogP contribution in [0.2, 0.25) is 0 Å². The van der Waals surface area contributed by atoms with Gasteiger partial charge in [0.15, 0.2) is 0 Å². The van der Waals surface area contributed by atoms with Crippen molar-refractivity contribution in [2.45, 2.75) is 13.8 Å². The van der Waals surface area contributed by atoms with Crippen LogP contribution in [-0.4, -0.2) is 12.6 Å². The van der Waals surface area contributed by atoms with Crippen LogP contribution in [0.1, 0.15) is 22.2 Å². The number of halogens is 2. The van der Waals surface area contributed by atoms with Gasteiger partial charge in [-0.15, -0.1) is 11.3 Å². The monoisotopic (exact) mass is 297 g/mol. The molecule has 6 heteroatoms. The van der Waals surface area contributed by atoms with Gasteiger partial charge in [0, 0.05) is 16.5 Å². The van der Waals surface area contributed by atoms with Gasteiger partial charge in [-0.3, -0.25) is 0 Å². The number of ether oxygens (including phenoxy) is 1. The number of hydrogen-bond acceptors (Lipinski definition) is 4. The second kappa shape index (κ2) is 5.58. The van der Waals surface area contributed by atoms with E-state index in [2.05, 4.69) is 0 Å². The molecule has 0 saturated heterocycles. The van der Waals surface area contributed by atoms with Crippen molar-refractivity contribution in [2.24, 2.45) is 0 Å². The molecule has 0 radical (unpaired) electrons. The first kappa shape index (κ1) is 14.5. The molecule has 0 aliphatic rings. The lowest BCUT2D eigenvalue weighted by Crippen LogP contribution is -2.05. The zero-order valence-corrected chi connectivity index (χ0v) is 11.8. The fourth-order valence-corrected chi connectivity index (χ4v) is 2.95. The van der Waals surface area contributed by atoms with E-state index in [-0.39, 0.29) is 22.7 Å². The maximum Gasteiger partial charge on any atom is 0.350 e. The standard InChI is InChI=1S/C14H13F2NO2S/c1-3-19-14(18)13-11(17)7(2)12(20-13)9-5-4-8(15)6-10(9)16/h4-6H,3,17H2,1-2H3. The fourth-order valence-electron chi connectivity index (χ4n) is 1.81. The van der Waals surface area contributed by atoms with Crippen molar-refractivity contribution in [2.75, 3.05) is 12.3 Å². The molecule has 0 aliphatic carbocycles. The molecule has 1 aromatic carbocycles. The van der Waals surface area contributed by atoms with Crippen LogP contribution in [0.25, 0.3) is 10.4 Å². The summed E-state index contributed by atoms with van der Waals surface area (Å²) < 4.78 is 31.7. The summed E-state index contributed by atoms with van der Waals surface area (Å²) in [6.07, 6.45) is 0. The molecule has 0 atom stereocenters. The SMILES string of the molecule is CCOC(=O)c1sc(-c2ccc(F)cc2F)c(C)c1N. The van der Waals surface area contributed by atoms with Crippen LogP contribution in [0.5, 0.6) is 0 Å². The maximum absolute atomic E-state index is 13.8. The highest BCUT2D eigenvalue weighted by atomic mass is 32.1. The average Bonchev–Trinajstić information content (AvgIpc) is 2.67. The molecule has 2 rings (SSSR count). The summed E-state index contributed by atoms with van der Waals surface area (Å²) >= 11 is 1.05. The smallest absolute Gasteiger partial charge is 0.350 e. The van der Waals surface area contributed by atoms with E-state index in [4.69, 9.17) is 10.5 Å². The van der Waals surface area contributed by atoms with E-state index in [1.54, 1.807) is 13.8 Å². The van der Waals surface area contributed by atoms with Gasteiger partial charge in [0.2, 0.25) is 0 Å². The van der Waals surface area contributed by atoms with Crippen molar-refractivity contribution in [1.82, 2.24) is 0 Å². The molecule has 0 aliphatic heterocycles. The zero-order chi connectivity index (χ0) is 14.9. The Hall–Kier alpha value is -1.95. The van der Waals surface area contributed by atoms with Crippen molar-refractivity contribution < 1.29 is 18.3 Å². The van der Waals surface area contributed by atoms with E-state index in [1.807, 2.05) is 0 Å². The number of carbonyl (C=O) groups is 1. The van der Waals surface area contributed by atoms with E-state index in [0.717, 1.165) is 23.5 Å². The topological polar surface area (TPSA) is 52.3 Å². The molecule has 0 fully saturated rings. The number of esters is 1. The second-order valence-corrected chi connectivity index (χ2v) is 5.16. The first-order chi connectivity index (χ1) is 9.45. The predicted molar refractivity (Wildman–Crippen MR) is 74.8 cm³/mol. The molecule has 20 heavy (non-hydrogen) atoms. The number of carbonyl (C=O) groups excluding carboxylic acids is 1. The van der Waals surface area contributed by atoms with Crippen LogP contribution in [0, 0.1) is 18.6 Å². The Balaban J connectivity index is 2.53. The van der Waals surface area contributed by atoms with Crippen molar-refractivity contribution in [3.05, 3.63) is 40.3 Å². The first-order valence-electron chi connectivity index (χ1n) is 5.97. The number of rotatable bonds is 3. The number of thiophene rings is 1. The molecule has 0 spiro atoms. The highest BCUT2D eigenvalue weighted by molar-refractivity contribution is 7.18. The van der Waals surface area contributed by atoms with Crippen molar-refractivity contribution in [1.29, 1.82) is 0 Å². The van der Waals surface area contributed by atoms with E-state index < -0.39 is 17.6 Å². The van der Waals surface area contributed by atoms with Gasteiger partial charge in [-0.05, 0) is 31.5 Å². The van der Waals surface area contributed by atoms with Gasteiger partial charge < -0.3 is 10.5 Å². The Morgan fingerprint density at radius 1 is 1.40 bits per heavy atom. The van der Waals surface area contributed by atoms with Gasteiger partial charge in [-0.25, -0.2) is 13.6 Å². The van der Waals surface area contributed by atoms with Crippen LogP contribution in [0.3, 0.4) is 0 Å². The lowest BCUT2D eigenvalue weighted by atomic mass is 10.1. The van der Waals surface area contributed by atoms with E-state index in [9.17, 15) is 13.6 Å². The van der Waals surface area contributed by atoms with Crippen LogP contribution < -0.4 is 5.73 Å². The molecule has 3 nitrogen and oxygen atoms in total. The number of hydrogen-bond donors (Lipinski definition) is 1. The fraction of sp³-hybridized carbons (Fsp3) is 0.214. The molecule has 0 unspecified atom stereocenters. The summed E-state index contributed by atoms with van der Waals surface area (Å²) in [5, 5.41) is 0.